The molecule has 0 spiro atoms. The van der Waals surface area contributed by atoms with Crippen molar-refractivity contribution in [1.29, 1.82) is 0 Å². The van der Waals surface area contributed by atoms with Crippen LogP contribution in [0.4, 0.5) is 0 Å². The third-order valence-corrected chi connectivity index (χ3v) is 2.30. The molecule has 13 heavy (non-hydrogen) atoms. The van der Waals surface area contributed by atoms with Crippen molar-refractivity contribution >= 4 is 0 Å². The van der Waals surface area contributed by atoms with Crippen LogP contribution in [0, 0.1) is 0 Å². The highest BCUT2D eigenvalue weighted by Gasteiger charge is 1.96. The van der Waals surface area contributed by atoms with E-state index in [1.165, 1.54) is 38.6 Å². The summed E-state index contributed by atoms with van der Waals surface area (Å²) >= 11 is 0. The topological polar surface area (TPSA) is 3.88 Å². The Bertz CT molecular complexity index is 206. The summed E-state index contributed by atoms with van der Waals surface area (Å²) in [6.45, 7) is 3.43. The van der Waals surface area contributed by atoms with Crippen LogP contribution in [0.25, 0.3) is 0 Å². The standard InChI is InChI=1S/C12H20N/c1-2-3-4-5-7-10-13-11-8-6-9-12-13/h6,8-9,11-12H,2-5,7,10H2,1H3/q+1. The highest BCUT2D eigenvalue weighted by atomic mass is 14.9. The van der Waals surface area contributed by atoms with Crippen LogP contribution < -0.4 is 4.57 Å². The number of rotatable bonds is 6. The molecule has 1 rings (SSSR count). The molecule has 1 nitrogen and oxygen atoms in total. The number of unbranched alkanes of at least 4 members (excludes halogenated alkanes) is 4. The first kappa shape index (κ1) is 10.2. The smallest absolute Gasteiger partial charge is 0.168 e. The lowest BCUT2D eigenvalue weighted by Crippen LogP contribution is -2.32. The highest BCUT2D eigenvalue weighted by Crippen LogP contribution is 2.01. The first-order chi connectivity index (χ1) is 6.43. The lowest BCUT2D eigenvalue weighted by molar-refractivity contribution is -0.697. The zero-order valence-electron chi connectivity index (χ0n) is 8.58. The molecule has 0 unspecified atom stereocenters. The lowest BCUT2D eigenvalue weighted by Gasteiger charge is -1.97. The van der Waals surface area contributed by atoms with Gasteiger partial charge in [0, 0.05) is 18.6 Å². The Balaban J connectivity index is 2.07. The summed E-state index contributed by atoms with van der Waals surface area (Å²) in [4.78, 5) is 0. The molecular formula is C12H20N+. The Morgan fingerprint density at radius 3 is 2.23 bits per heavy atom. The maximum atomic E-state index is 2.26. The molecule has 1 heteroatoms. The van der Waals surface area contributed by atoms with Gasteiger partial charge in [-0.1, -0.05) is 32.3 Å². The van der Waals surface area contributed by atoms with Crippen LogP contribution in [0.2, 0.25) is 0 Å². The minimum Gasteiger partial charge on any atom is -0.205 e. The lowest BCUT2D eigenvalue weighted by atomic mass is 10.1. The summed E-state index contributed by atoms with van der Waals surface area (Å²) in [6, 6.07) is 6.24. The number of aryl methyl sites for hydroxylation is 1. The molecule has 0 bridgehead atoms. The number of pyridine rings is 1. The second-order valence-electron chi connectivity index (χ2n) is 3.53. The Kier molecular flexibility index (Phi) is 5.23. The van der Waals surface area contributed by atoms with Crippen molar-refractivity contribution < 1.29 is 4.57 Å². The summed E-state index contributed by atoms with van der Waals surface area (Å²) in [5.74, 6) is 0. The predicted molar refractivity (Wildman–Crippen MR) is 55.4 cm³/mol. The summed E-state index contributed by atoms with van der Waals surface area (Å²) < 4.78 is 2.26. The predicted octanol–water partition coefficient (Wildman–Crippen LogP) is 2.94. The molecule has 0 atom stereocenters. The second kappa shape index (κ2) is 6.64. The summed E-state index contributed by atoms with van der Waals surface area (Å²) in [7, 11) is 0. The summed E-state index contributed by atoms with van der Waals surface area (Å²) in [5.41, 5.74) is 0. The van der Waals surface area contributed by atoms with Crippen molar-refractivity contribution in [2.75, 3.05) is 0 Å². The van der Waals surface area contributed by atoms with Gasteiger partial charge >= 0.3 is 0 Å². The van der Waals surface area contributed by atoms with E-state index in [1.54, 1.807) is 0 Å². The molecule has 1 heterocycles. The third-order valence-electron chi connectivity index (χ3n) is 2.30. The zero-order valence-corrected chi connectivity index (χ0v) is 8.58. The van der Waals surface area contributed by atoms with Crippen LogP contribution in [0.5, 0.6) is 0 Å². The van der Waals surface area contributed by atoms with Gasteiger partial charge in [-0.25, -0.2) is 4.57 Å². The highest BCUT2D eigenvalue weighted by molar-refractivity contribution is 4.83. The fraction of sp³-hybridized carbons (Fsp3) is 0.583. The van der Waals surface area contributed by atoms with E-state index in [0.29, 0.717) is 0 Å². The van der Waals surface area contributed by atoms with E-state index in [2.05, 4.69) is 42.1 Å². The van der Waals surface area contributed by atoms with Gasteiger partial charge < -0.3 is 0 Å². The van der Waals surface area contributed by atoms with Gasteiger partial charge in [-0.2, -0.15) is 0 Å². The van der Waals surface area contributed by atoms with Gasteiger partial charge in [0.25, 0.3) is 0 Å². The van der Waals surface area contributed by atoms with Gasteiger partial charge in [0.1, 0.15) is 6.54 Å². The van der Waals surface area contributed by atoms with E-state index in [-0.39, 0.29) is 0 Å². The zero-order chi connectivity index (χ0) is 9.36. The van der Waals surface area contributed by atoms with Crippen LogP contribution >= 0.6 is 0 Å². The third kappa shape index (κ3) is 4.66. The van der Waals surface area contributed by atoms with Crippen LogP contribution in [-0.4, -0.2) is 0 Å². The van der Waals surface area contributed by atoms with Gasteiger partial charge in [0.15, 0.2) is 12.4 Å². The minimum absolute atomic E-state index is 1.17. The van der Waals surface area contributed by atoms with Gasteiger partial charge in [-0.3, -0.25) is 0 Å². The molecule has 0 amide bonds. The second-order valence-corrected chi connectivity index (χ2v) is 3.53. The van der Waals surface area contributed by atoms with Crippen LogP contribution in [0.3, 0.4) is 0 Å². The van der Waals surface area contributed by atoms with E-state index in [1.807, 2.05) is 0 Å². The van der Waals surface area contributed by atoms with E-state index < -0.39 is 0 Å². The fourth-order valence-electron chi connectivity index (χ4n) is 1.48. The van der Waals surface area contributed by atoms with Crippen molar-refractivity contribution in [3.05, 3.63) is 30.6 Å². The first-order valence-electron chi connectivity index (χ1n) is 5.37. The van der Waals surface area contributed by atoms with Crippen molar-refractivity contribution in [3.63, 3.8) is 0 Å². The molecule has 0 N–H and O–H groups in total. The molecule has 0 aromatic carbocycles. The molecule has 0 aliphatic heterocycles. The number of hydrogen-bond donors (Lipinski definition) is 0. The Labute approximate surface area is 81.4 Å². The van der Waals surface area contributed by atoms with Crippen molar-refractivity contribution in [1.82, 2.24) is 0 Å². The molecule has 0 aliphatic carbocycles. The van der Waals surface area contributed by atoms with Gasteiger partial charge in [-0.05, 0) is 6.42 Å². The van der Waals surface area contributed by atoms with E-state index in [4.69, 9.17) is 0 Å². The van der Waals surface area contributed by atoms with Crippen molar-refractivity contribution in [3.8, 4) is 0 Å². The molecule has 0 aliphatic rings. The van der Waals surface area contributed by atoms with Crippen LogP contribution in [-0.2, 0) is 6.54 Å². The number of nitrogens with zero attached hydrogens (tertiary/aromatic N) is 1. The molecule has 1 aromatic rings. The molecule has 0 radical (unpaired) electrons. The molecular weight excluding hydrogens is 158 g/mol. The van der Waals surface area contributed by atoms with Gasteiger partial charge in [0.2, 0.25) is 0 Å². The average molecular weight is 178 g/mol. The maximum Gasteiger partial charge on any atom is 0.168 e. The van der Waals surface area contributed by atoms with E-state index >= 15 is 0 Å². The summed E-state index contributed by atoms with van der Waals surface area (Å²) in [6.07, 6.45) is 11.1. The normalized spacial score (nSPS) is 10.2. The molecule has 0 fully saturated rings. The molecule has 0 saturated carbocycles. The molecule has 72 valence electrons. The monoisotopic (exact) mass is 178 g/mol. The average Bonchev–Trinajstić information content (AvgIpc) is 2.19. The first-order valence-corrected chi connectivity index (χ1v) is 5.37. The molecule has 0 saturated heterocycles. The Hall–Kier alpha value is -0.850. The molecule has 1 aromatic heterocycles. The largest absolute Gasteiger partial charge is 0.205 e. The Morgan fingerprint density at radius 1 is 0.846 bits per heavy atom. The van der Waals surface area contributed by atoms with Gasteiger partial charge in [-0.15, -0.1) is 0 Å². The van der Waals surface area contributed by atoms with Gasteiger partial charge in [0.05, 0.1) is 0 Å². The quantitative estimate of drug-likeness (QED) is 0.466. The number of hydrogen-bond acceptors (Lipinski definition) is 0. The Morgan fingerprint density at radius 2 is 1.54 bits per heavy atom. The van der Waals surface area contributed by atoms with Crippen molar-refractivity contribution in [2.45, 2.75) is 45.6 Å². The maximum absolute atomic E-state index is 2.26. The fourth-order valence-corrected chi connectivity index (χ4v) is 1.48. The van der Waals surface area contributed by atoms with Crippen LogP contribution in [0.1, 0.15) is 39.0 Å². The SMILES string of the molecule is CCCCCCC[n+]1ccccc1. The summed E-state index contributed by atoms with van der Waals surface area (Å²) in [5, 5.41) is 0. The minimum atomic E-state index is 1.17. The number of aromatic nitrogens is 1. The van der Waals surface area contributed by atoms with Crippen molar-refractivity contribution in [2.24, 2.45) is 0 Å². The van der Waals surface area contributed by atoms with E-state index in [0.717, 1.165) is 0 Å². The van der Waals surface area contributed by atoms with Crippen LogP contribution in [0.15, 0.2) is 30.6 Å². The van der Waals surface area contributed by atoms with E-state index in [9.17, 15) is 0 Å².